The van der Waals surface area contributed by atoms with Gasteiger partial charge in [-0.15, -0.1) is 0 Å². The first-order chi connectivity index (χ1) is 16.5. The van der Waals surface area contributed by atoms with Gasteiger partial charge in [0, 0.05) is 29.4 Å². The number of hydrogen-bond acceptors (Lipinski definition) is 6. The third-order valence-electron chi connectivity index (χ3n) is 7.26. The second-order valence-electron chi connectivity index (χ2n) is 9.46. The van der Waals surface area contributed by atoms with Gasteiger partial charge in [0.2, 0.25) is 5.95 Å². The lowest BCUT2D eigenvalue weighted by molar-refractivity contribution is -0.137. The van der Waals surface area contributed by atoms with Crippen molar-refractivity contribution in [2.75, 3.05) is 16.8 Å². The van der Waals surface area contributed by atoms with Gasteiger partial charge in [0.05, 0.1) is 6.20 Å². The van der Waals surface area contributed by atoms with Gasteiger partial charge in [0.25, 0.3) is 5.56 Å². The Labute approximate surface area is 195 Å². The zero-order chi connectivity index (χ0) is 23.4. The average Bonchev–Trinajstić information content (AvgIpc) is 3.55. The fourth-order valence-electron chi connectivity index (χ4n) is 5.59. The van der Waals surface area contributed by atoms with E-state index in [-0.39, 0.29) is 11.6 Å². The average molecular weight is 459 g/mol. The van der Waals surface area contributed by atoms with Crippen molar-refractivity contribution in [3.8, 4) is 0 Å². The molecule has 174 valence electrons. The van der Waals surface area contributed by atoms with E-state index < -0.39 is 12.5 Å². The zero-order valence-corrected chi connectivity index (χ0v) is 18.9. The SMILES string of the molecule is C[C@@H](Nc1cnc(N2CC3CCC2C3)n(CC(=O)O)c1=O)c1ccc2oc3ccccc3c2c1. The predicted octanol–water partition coefficient (Wildman–Crippen LogP) is 4.39. The highest BCUT2D eigenvalue weighted by atomic mass is 16.4. The number of aliphatic carboxylic acids is 1. The Morgan fingerprint density at radius 3 is 2.79 bits per heavy atom. The van der Waals surface area contributed by atoms with Crippen LogP contribution in [0.25, 0.3) is 21.9 Å². The van der Waals surface area contributed by atoms with Gasteiger partial charge in [-0.05, 0) is 55.9 Å². The number of piperidine rings is 1. The van der Waals surface area contributed by atoms with Crippen molar-refractivity contribution in [1.82, 2.24) is 9.55 Å². The number of carboxylic acid groups (broad SMARTS) is 1. The molecule has 1 aliphatic carbocycles. The van der Waals surface area contributed by atoms with Crippen LogP contribution < -0.4 is 15.8 Å². The second-order valence-corrected chi connectivity index (χ2v) is 9.46. The maximum Gasteiger partial charge on any atom is 0.323 e. The Bertz CT molecular complexity index is 1470. The van der Waals surface area contributed by atoms with Gasteiger partial charge in [-0.2, -0.15) is 0 Å². The van der Waals surface area contributed by atoms with Gasteiger partial charge < -0.3 is 19.7 Å². The molecule has 2 fully saturated rings. The number of fused-ring (bicyclic) bond motifs is 5. The van der Waals surface area contributed by atoms with E-state index in [1.54, 1.807) is 6.20 Å². The minimum atomic E-state index is -1.06. The Balaban J connectivity index is 1.33. The van der Waals surface area contributed by atoms with Gasteiger partial charge >= 0.3 is 5.97 Å². The molecule has 6 rings (SSSR count). The summed E-state index contributed by atoms with van der Waals surface area (Å²) < 4.78 is 7.21. The molecule has 34 heavy (non-hydrogen) atoms. The zero-order valence-electron chi connectivity index (χ0n) is 18.9. The third-order valence-corrected chi connectivity index (χ3v) is 7.26. The summed E-state index contributed by atoms with van der Waals surface area (Å²) in [6.07, 6.45) is 4.89. The fraction of sp³-hybridized carbons (Fsp3) is 0.346. The molecule has 2 aliphatic rings. The normalized spacial score (nSPS) is 20.3. The fourth-order valence-corrected chi connectivity index (χ4v) is 5.59. The van der Waals surface area contributed by atoms with Gasteiger partial charge in [0.1, 0.15) is 23.4 Å². The molecule has 1 saturated carbocycles. The van der Waals surface area contributed by atoms with Crippen molar-refractivity contribution in [3.05, 3.63) is 64.6 Å². The van der Waals surface area contributed by atoms with Crippen molar-refractivity contribution in [1.29, 1.82) is 0 Å². The lowest BCUT2D eigenvalue weighted by Gasteiger charge is -2.30. The largest absolute Gasteiger partial charge is 0.480 e. The molecule has 2 N–H and O–H groups in total. The topological polar surface area (TPSA) is 101 Å². The summed E-state index contributed by atoms with van der Waals surface area (Å²) in [6.45, 7) is 2.39. The molecule has 2 aromatic heterocycles. The summed E-state index contributed by atoms with van der Waals surface area (Å²) >= 11 is 0. The molecule has 2 bridgehead atoms. The van der Waals surface area contributed by atoms with Crippen LogP contribution in [0.5, 0.6) is 0 Å². The first kappa shape index (κ1) is 20.8. The van der Waals surface area contributed by atoms with Crippen LogP contribution in [0.15, 0.2) is 57.9 Å². The van der Waals surface area contributed by atoms with Crippen LogP contribution in [-0.4, -0.2) is 33.2 Å². The molecule has 3 atom stereocenters. The predicted molar refractivity (Wildman–Crippen MR) is 130 cm³/mol. The molecule has 4 aromatic rings. The summed E-state index contributed by atoms with van der Waals surface area (Å²) in [4.78, 5) is 31.6. The van der Waals surface area contributed by atoms with Crippen molar-refractivity contribution in [2.24, 2.45) is 5.92 Å². The van der Waals surface area contributed by atoms with Crippen molar-refractivity contribution in [3.63, 3.8) is 0 Å². The van der Waals surface area contributed by atoms with Gasteiger partial charge in [-0.1, -0.05) is 24.3 Å². The molecule has 0 amide bonds. The van der Waals surface area contributed by atoms with Crippen LogP contribution >= 0.6 is 0 Å². The number of rotatable bonds is 6. The van der Waals surface area contributed by atoms with E-state index >= 15 is 0 Å². The van der Waals surface area contributed by atoms with Crippen LogP contribution in [0.3, 0.4) is 0 Å². The molecule has 2 unspecified atom stereocenters. The minimum Gasteiger partial charge on any atom is -0.480 e. The van der Waals surface area contributed by atoms with E-state index in [1.165, 1.54) is 11.0 Å². The van der Waals surface area contributed by atoms with Crippen molar-refractivity contribution < 1.29 is 14.3 Å². The van der Waals surface area contributed by atoms with Crippen LogP contribution in [0.4, 0.5) is 11.6 Å². The number of carboxylic acids is 1. The molecular weight excluding hydrogens is 432 g/mol. The Morgan fingerprint density at radius 1 is 1.21 bits per heavy atom. The molecular formula is C26H26N4O4. The van der Waals surface area contributed by atoms with E-state index in [4.69, 9.17) is 4.42 Å². The lowest BCUT2D eigenvalue weighted by Crippen LogP contribution is -2.39. The van der Waals surface area contributed by atoms with E-state index in [0.717, 1.165) is 46.9 Å². The number of para-hydroxylation sites is 1. The summed E-state index contributed by atoms with van der Waals surface area (Å²) in [5.74, 6) is 0.00741. The first-order valence-corrected chi connectivity index (χ1v) is 11.7. The second kappa shape index (κ2) is 7.90. The van der Waals surface area contributed by atoms with Crippen molar-refractivity contribution in [2.45, 2.75) is 44.8 Å². The Hall–Kier alpha value is -3.81. The summed E-state index contributed by atoms with van der Waals surface area (Å²) in [5.41, 5.74) is 2.56. The number of aromatic nitrogens is 2. The van der Waals surface area contributed by atoms with Gasteiger partial charge in [-0.3, -0.25) is 14.2 Å². The van der Waals surface area contributed by atoms with Crippen LogP contribution in [0.1, 0.15) is 37.8 Å². The number of benzene rings is 2. The molecule has 1 saturated heterocycles. The smallest absolute Gasteiger partial charge is 0.323 e. The van der Waals surface area contributed by atoms with E-state index in [2.05, 4.69) is 21.3 Å². The third kappa shape index (κ3) is 3.41. The number of nitrogens with zero attached hydrogens (tertiary/aromatic N) is 3. The Morgan fingerprint density at radius 2 is 2.03 bits per heavy atom. The summed E-state index contributed by atoms with van der Waals surface area (Å²) in [5, 5.41) is 14.8. The van der Waals surface area contributed by atoms with Crippen molar-refractivity contribution >= 4 is 39.5 Å². The maximum absolute atomic E-state index is 13.4. The standard InChI is InChI=1S/C26H26N4O4/c1-15(17-7-9-23-20(11-17)19-4-2-3-5-22(19)34-23)28-21-12-27-26(30(25(21)33)14-24(31)32)29-13-16-6-8-18(29)10-16/h2-5,7,9,11-12,15-16,18,28H,6,8,10,13-14H2,1H3,(H,31,32)/t15-,16?,18?/m1/s1. The van der Waals surface area contributed by atoms with Crippen LogP contribution in [-0.2, 0) is 11.3 Å². The van der Waals surface area contributed by atoms with Gasteiger partial charge in [0.15, 0.2) is 0 Å². The highest BCUT2D eigenvalue weighted by molar-refractivity contribution is 6.05. The van der Waals surface area contributed by atoms with Crippen LogP contribution in [0, 0.1) is 5.92 Å². The number of hydrogen-bond donors (Lipinski definition) is 2. The monoisotopic (exact) mass is 458 g/mol. The number of nitrogens with one attached hydrogen (secondary N) is 1. The number of furan rings is 1. The quantitative estimate of drug-likeness (QED) is 0.442. The maximum atomic E-state index is 13.4. The van der Waals surface area contributed by atoms with E-state index in [0.29, 0.717) is 23.6 Å². The highest BCUT2D eigenvalue weighted by Gasteiger charge is 2.39. The molecule has 8 heteroatoms. The lowest BCUT2D eigenvalue weighted by atomic mass is 10.0. The molecule has 0 radical (unpaired) electrons. The molecule has 0 spiro atoms. The molecule has 2 aromatic carbocycles. The molecule has 3 heterocycles. The Kier molecular flexibility index (Phi) is 4.83. The minimum absolute atomic E-state index is 0.195. The van der Waals surface area contributed by atoms with Crippen LogP contribution in [0.2, 0.25) is 0 Å². The molecule has 8 nitrogen and oxygen atoms in total. The van der Waals surface area contributed by atoms with E-state index in [9.17, 15) is 14.7 Å². The first-order valence-electron chi connectivity index (χ1n) is 11.7. The number of carbonyl (C=O) groups is 1. The molecule has 1 aliphatic heterocycles. The van der Waals surface area contributed by atoms with Gasteiger partial charge in [-0.25, -0.2) is 4.98 Å². The summed E-state index contributed by atoms with van der Waals surface area (Å²) in [7, 11) is 0. The van der Waals surface area contributed by atoms with E-state index in [1.807, 2.05) is 43.3 Å². The number of anilines is 2. The highest BCUT2D eigenvalue weighted by Crippen LogP contribution is 2.39. The summed E-state index contributed by atoms with van der Waals surface area (Å²) in [6, 6.07) is 14.0.